The molecule has 1 aromatic rings. The molecule has 0 aliphatic rings. The number of rotatable bonds is 10. The maximum absolute atomic E-state index is 11.8. The van der Waals surface area contributed by atoms with Crippen molar-refractivity contribution < 1.29 is 19.5 Å². The van der Waals surface area contributed by atoms with Gasteiger partial charge < -0.3 is 15.7 Å². The van der Waals surface area contributed by atoms with Gasteiger partial charge in [0.25, 0.3) is 0 Å². The minimum atomic E-state index is -1.07. The van der Waals surface area contributed by atoms with E-state index in [1.807, 2.05) is 56.3 Å². The van der Waals surface area contributed by atoms with E-state index >= 15 is 0 Å². The number of aliphatic carboxylic acids is 1. The van der Waals surface area contributed by atoms with Gasteiger partial charge in [-0.3, -0.25) is 9.59 Å². The molecule has 0 aromatic heterocycles. The second-order valence-electron chi connectivity index (χ2n) is 6.22. The fraction of sp³-hybridized carbons (Fsp3) is 0.421. The summed E-state index contributed by atoms with van der Waals surface area (Å²) < 4.78 is 0. The highest BCUT2D eigenvalue weighted by atomic mass is 16.4. The van der Waals surface area contributed by atoms with Crippen LogP contribution in [0.25, 0.3) is 6.08 Å². The van der Waals surface area contributed by atoms with Gasteiger partial charge in [0, 0.05) is 6.42 Å². The molecule has 0 aliphatic heterocycles. The Morgan fingerprint density at radius 1 is 1.12 bits per heavy atom. The zero-order chi connectivity index (χ0) is 18.7. The fourth-order valence-corrected chi connectivity index (χ4v) is 2.20. The number of hydrogen-bond donors (Lipinski definition) is 3. The van der Waals surface area contributed by atoms with Crippen LogP contribution in [0, 0.1) is 5.92 Å². The average molecular weight is 346 g/mol. The molecule has 0 heterocycles. The lowest BCUT2D eigenvalue weighted by Crippen LogP contribution is -2.46. The monoisotopic (exact) mass is 346 g/mol. The number of allylic oxidation sites excluding steroid dienone is 1. The van der Waals surface area contributed by atoms with Crippen LogP contribution >= 0.6 is 0 Å². The van der Waals surface area contributed by atoms with Gasteiger partial charge in [-0.15, -0.1) is 0 Å². The normalized spacial score (nSPS) is 12.1. The Balaban J connectivity index is 2.27. The van der Waals surface area contributed by atoms with E-state index in [9.17, 15) is 14.4 Å². The third kappa shape index (κ3) is 9.30. The van der Waals surface area contributed by atoms with Crippen molar-refractivity contribution in [3.8, 4) is 0 Å². The smallest absolute Gasteiger partial charge is 0.326 e. The van der Waals surface area contributed by atoms with Crippen LogP contribution in [0.5, 0.6) is 0 Å². The van der Waals surface area contributed by atoms with Crippen LogP contribution in [-0.2, 0) is 14.4 Å². The largest absolute Gasteiger partial charge is 0.480 e. The van der Waals surface area contributed by atoms with Crippen LogP contribution in [0.15, 0.2) is 36.4 Å². The minimum Gasteiger partial charge on any atom is -0.480 e. The molecule has 0 fully saturated rings. The highest BCUT2D eigenvalue weighted by Gasteiger charge is 2.20. The van der Waals surface area contributed by atoms with Gasteiger partial charge in [0.2, 0.25) is 11.8 Å². The Labute approximate surface area is 148 Å². The standard InChI is InChI=1S/C19H26N2O4/c1-14(2)12-16(19(24)25)21-18(23)13-20-17(22)11-7-6-10-15-8-4-3-5-9-15/h3-6,8-10,14,16H,7,11-13H2,1-2H3,(H,20,22)(H,21,23)(H,24,25)/b10-6+/t16-/m0/s1. The van der Waals surface area contributed by atoms with Crippen LogP contribution in [-0.4, -0.2) is 35.5 Å². The summed E-state index contributed by atoms with van der Waals surface area (Å²) in [6.45, 7) is 3.54. The van der Waals surface area contributed by atoms with Crippen molar-refractivity contribution in [2.45, 2.75) is 39.2 Å². The molecule has 1 atom stereocenters. The Bertz CT molecular complexity index is 597. The molecule has 2 amide bonds. The SMILES string of the molecule is CC(C)C[C@H](NC(=O)CNC(=O)CC/C=C/c1ccccc1)C(=O)O. The minimum absolute atomic E-state index is 0.146. The van der Waals surface area contributed by atoms with E-state index in [4.69, 9.17) is 5.11 Å². The summed E-state index contributed by atoms with van der Waals surface area (Å²) in [5.41, 5.74) is 1.06. The van der Waals surface area contributed by atoms with Gasteiger partial charge >= 0.3 is 5.97 Å². The number of carboxylic acid groups (broad SMARTS) is 1. The number of carboxylic acids is 1. The summed E-state index contributed by atoms with van der Waals surface area (Å²) in [4.78, 5) is 34.6. The first-order valence-electron chi connectivity index (χ1n) is 8.39. The number of hydrogen-bond acceptors (Lipinski definition) is 3. The van der Waals surface area contributed by atoms with Crippen LogP contribution in [0.1, 0.15) is 38.7 Å². The highest BCUT2D eigenvalue weighted by molar-refractivity contribution is 5.87. The van der Waals surface area contributed by atoms with Gasteiger partial charge in [-0.1, -0.05) is 56.3 Å². The van der Waals surface area contributed by atoms with Crippen molar-refractivity contribution in [3.05, 3.63) is 42.0 Å². The number of carbonyl (C=O) groups excluding carboxylic acids is 2. The molecule has 0 bridgehead atoms. The fourth-order valence-electron chi connectivity index (χ4n) is 2.20. The van der Waals surface area contributed by atoms with E-state index in [1.165, 1.54) is 0 Å². The summed E-state index contributed by atoms with van der Waals surface area (Å²) in [5.74, 6) is -1.67. The molecule has 136 valence electrons. The maximum Gasteiger partial charge on any atom is 0.326 e. The van der Waals surface area contributed by atoms with Crippen molar-refractivity contribution in [1.29, 1.82) is 0 Å². The molecule has 25 heavy (non-hydrogen) atoms. The Morgan fingerprint density at radius 3 is 2.40 bits per heavy atom. The maximum atomic E-state index is 11.8. The molecule has 1 rings (SSSR count). The Hall–Kier alpha value is -2.63. The lowest BCUT2D eigenvalue weighted by molar-refractivity contribution is -0.142. The number of nitrogens with one attached hydrogen (secondary N) is 2. The first-order chi connectivity index (χ1) is 11.9. The van der Waals surface area contributed by atoms with Gasteiger partial charge in [-0.2, -0.15) is 0 Å². The second kappa shape index (κ2) is 11.0. The molecule has 0 saturated heterocycles. The molecule has 3 N–H and O–H groups in total. The van der Waals surface area contributed by atoms with Gasteiger partial charge in [-0.05, 0) is 24.3 Å². The zero-order valence-corrected chi connectivity index (χ0v) is 14.7. The second-order valence-corrected chi connectivity index (χ2v) is 6.22. The van der Waals surface area contributed by atoms with E-state index in [1.54, 1.807) is 0 Å². The van der Waals surface area contributed by atoms with E-state index in [2.05, 4.69) is 10.6 Å². The molecule has 0 saturated carbocycles. The molecular weight excluding hydrogens is 320 g/mol. The van der Waals surface area contributed by atoms with Gasteiger partial charge in [0.15, 0.2) is 0 Å². The van der Waals surface area contributed by atoms with E-state index in [0.29, 0.717) is 12.8 Å². The molecule has 0 spiro atoms. The van der Waals surface area contributed by atoms with Gasteiger partial charge in [0.05, 0.1) is 6.54 Å². The van der Waals surface area contributed by atoms with Crippen molar-refractivity contribution in [3.63, 3.8) is 0 Å². The van der Waals surface area contributed by atoms with Crippen LogP contribution in [0.2, 0.25) is 0 Å². The van der Waals surface area contributed by atoms with Crippen molar-refractivity contribution in [1.82, 2.24) is 10.6 Å². The first kappa shape index (κ1) is 20.4. The third-order valence-electron chi connectivity index (χ3n) is 3.43. The van der Waals surface area contributed by atoms with Crippen LogP contribution in [0.3, 0.4) is 0 Å². The molecule has 0 unspecified atom stereocenters. The summed E-state index contributed by atoms with van der Waals surface area (Å²) in [6.07, 6.45) is 5.01. The third-order valence-corrected chi connectivity index (χ3v) is 3.43. The lowest BCUT2D eigenvalue weighted by atomic mass is 10.0. The molecule has 6 nitrogen and oxygen atoms in total. The Morgan fingerprint density at radius 2 is 1.80 bits per heavy atom. The van der Waals surface area contributed by atoms with E-state index in [-0.39, 0.29) is 24.8 Å². The topological polar surface area (TPSA) is 95.5 Å². The summed E-state index contributed by atoms with van der Waals surface area (Å²) in [6, 6.07) is 8.82. The Kier molecular flexibility index (Phi) is 9.00. The molecule has 1 aromatic carbocycles. The summed E-state index contributed by atoms with van der Waals surface area (Å²) >= 11 is 0. The predicted octanol–water partition coefficient (Wildman–Crippen LogP) is 2.21. The van der Waals surface area contributed by atoms with E-state index < -0.39 is 17.9 Å². The summed E-state index contributed by atoms with van der Waals surface area (Å²) in [7, 11) is 0. The molecular formula is C19H26N2O4. The van der Waals surface area contributed by atoms with Gasteiger partial charge in [-0.25, -0.2) is 4.79 Å². The lowest BCUT2D eigenvalue weighted by Gasteiger charge is -2.16. The zero-order valence-electron chi connectivity index (χ0n) is 14.7. The van der Waals surface area contributed by atoms with Crippen LogP contribution in [0.4, 0.5) is 0 Å². The molecule has 0 radical (unpaired) electrons. The van der Waals surface area contributed by atoms with E-state index in [0.717, 1.165) is 5.56 Å². The van der Waals surface area contributed by atoms with Crippen LogP contribution < -0.4 is 10.6 Å². The quantitative estimate of drug-likeness (QED) is 0.605. The molecule has 0 aliphatic carbocycles. The number of benzene rings is 1. The van der Waals surface area contributed by atoms with Crippen molar-refractivity contribution in [2.24, 2.45) is 5.92 Å². The predicted molar refractivity (Wildman–Crippen MR) is 96.7 cm³/mol. The number of amides is 2. The van der Waals surface area contributed by atoms with Crippen molar-refractivity contribution >= 4 is 23.9 Å². The van der Waals surface area contributed by atoms with Gasteiger partial charge in [0.1, 0.15) is 6.04 Å². The number of carbonyl (C=O) groups is 3. The highest BCUT2D eigenvalue weighted by Crippen LogP contribution is 2.05. The average Bonchev–Trinajstić information content (AvgIpc) is 2.57. The van der Waals surface area contributed by atoms with Crippen molar-refractivity contribution in [2.75, 3.05) is 6.54 Å². The molecule has 6 heteroatoms. The first-order valence-corrected chi connectivity index (χ1v) is 8.39. The summed E-state index contributed by atoms with van der Waals surface area (Å²) in [5, 5.41) is 14.0.